The molecule has 0 aliphatic rings. The quantitative estimate of drug-likeness (QED) is 0.718. The van der Waals surface area contributed by atoms with Gasteiger partial charge in [-0.05, 0) is 48.9 Å². The normalized spacial score (nSPS) is 10.2. The Morgan fingerprint density at radius 3 is 2.14 bits per heavy atom. The molecule has 0 atom stereocenters. The second-order valence-electron chi connectivity index (χ2n) is 6.19. The predicted molar refractivity (Wildman–Crippen MR) is 104 cm³/mol. The van der Waals surface area contributed by atoms with Crippen LogP contribution >= 0.6 is 0 Å². The highest BCUT2D eigenvalue weighted by Crippen LogP contribution is 2.19. The summed E-state index contributed by atoms with van der Waals surface area (Å²) in [5.41, 5.74) is 2.55. The van der Waals surface area contributed by atoms with Crippen LogP contribution in [0.25, 0.3) is 0 Å². The molecule has 0 unspecified atom stereocenters. The first-order valence-electron chi connectivity index (χ1n) is 8.54. The Hall–Kier alpha value is -3.93. The van der Waals surface area contributed by atoms with Crippen molar-refractivity contribution < 1.29 is 19.5 Å². The molecule has 0 heterocycles. The molecule has 0 spiro atoms. The summed E-state index contributed by atoms with van der Waals surface area (Å²) in [7, 11) is 0. The lowest BCUT2D eigenvalue weighted by Crippen LogP contribution is -2.22. The number of anilines is 2. The molecule has 0 aliphatic carbocycles. The highest BCUT2D eigenvalue weighted by Gasteiger charge is 2.14. The number of hydrogen-bond acceptors (Lipinski definition) is 4. The van der Waals surface area contributed by atoms with Crippen LogP contribution in [-0.2, 0) is 0 Å². The van der Waals surface area contributed by atoms with E-state index in [-0.39, 0.29) is 17.0 Å². The molecule has 0 saturated carbocycles. The molecule has 0 fully saturated rings. The lowest BCUT2D eigenvalue weighted by molar-refractivity contribution is -0.255. The molecule has 0 bridgehead atoms. The van der Waals surface area contributed by atoms with Gasteiger partial charge in [0.1, 0.15) is 0 Å². The minimum atomic E-state index is -1.29. The minimum absolute atomic E-state index is 0.0174. The van der Waals surface area contributed by atoms with E-state index >= 15 is 0 Å². The molecular formula is C22H17N2O4-. The van der Waals surface area contributed by atoms with Gasteiger partial charge in [0.2, 0.25) is 0 Å². The van der Waals surface area contributed by atoms with Gasteiger partial charge in [-0.1, -0.05) is 42.0 Å². The van der Waals surface area contributed by atoms with Crippen LogP contribution in [0.3, 0.4) is 0 Å². The van der Waals surface area contributed by atoms with Gasteiger partial charge in [-0.25, -0.2) is 0 Å². The molecule has 6 heteroatoms. The van der Waals surface area contributed by atoms with Crippen molar-refractivity contribution in [3.63, 3.8) is 0 Å². The van der Waals surface area contributed by atoms with Gasteiger partial charge in [-0.3, -0.25) is 9.59 Å². The Labute approximate surface area is 161 Å². The SMILES string of the molecule is Cc1cccc(C(=O)Nc2ccccc2C(=O)Nc2ccc(C(=O)[O-])cc2)c1. The highest BCUT2D eigenvalue weighted by atomic mass is 16.4. The first-order valence-corrected chi connectivity index (χ1v) is 8.54. The maximum atomic E-state index is 12.6. The van der Waals surface area contributed by atoms with E-state index in [0.717, 1.165) is 5.56 Å². The summed E-state index contributed by atoms with van der Waals surface area (Å²) in [4.78, 5) is 35.9. The van der Waals surface area contributed by atoms with Gasteiger partial charge >= 0.3 is 0 Å². The van der Waals surface area contributed by atoms with Gasteiger partial charge in [-0.15, -0.1) is 0 Å². The Bertz CT molecular complexity index is 1040. The van der Waals surface area contributed by atoms with Gasteiger partial charge in [0.05, 0.1) is 17.2 Å². The summed E-state index contributed by atoms with van der Waals surface area (Å²) in [5, 5.41) is 16.2. The summed E-state index contributed by atoms with van der Waals surface area (Å²) in [5.74, 6) is -2.04. The third-order valence-electron chi connectivity index (χ3n) is 4.08. The fourth-order valence-corrected chi connectivity index (χ4v) is 2.66. The zero-order valence-corrected chi connectivity index (χ0v) is 15.1. The van der Waals surface area contributed by atoms with Crippen LogP contribution in [0.4, 0.5) is 11.4 Å². The van der Waals surface area contributed by atoms with Crippen molar-refractivity contribution in [1.82, 2.24) is 0 Å². The number of amides is 2. The predicted octanol–water partition coefficient (Wildman–Crippen LogP) is 2.86. The van der Waals surface area contributed by atoms with E-state index < -0.39 is 11.9 Å². The number of aromatic carboxylic acids is 1. The number of carbonyl (C=O) groups excluding carboxylic acids is 3. The number of rotatable bonds is 5. The van der Waals surface area contributed by atoms with Gasteiger partial charge in [-0.2, -0.15) is 0 Å². The van der Waals surface area contributed by atoms with Crippen LogP contribution < -0.4 is 15.7 Å². The fourth-order valence-electron chi connectivity index (χ4n) is 2.66. The van der Waals surface area contributed by atoms with Gasteiger partial charge in [0, 0.05) is 11.3 Å². The van der Waals surface area contributed by atoms with Crippen molar-refractivity contribution >= 4 is 29.2 Å². The number of hydrogen-bond donors (Lipinski definition) is 2. The van der Waals surface area contributed by atoms with E-state index in [1.54, 1.807) is 42.5 Å². The maximum Gasteiger partial charge on any atom is 0.257 e. The molecule has 3 aromatic rings. The van der Waals surface area contributed by atoms with Gasteiger partial charge in [0.15, 0.2) is 0 Å². The lowest BCUT2D eigenvalue weighted by atomic mass is 10.1. The lowest BCUT2D eigenvalue weighted by Gasteiger charge is -2.12. The van der Waals surface area contributed by atoms with E-state index in [1.807, 2.05) is 13.0 Å². The molecular weight excluding hydrogens is 356 g/mol. The van der Waals surface area contributed by atoms with Crippen LogP contribution in [0.15, 0.2) is 72.8 Å². The second-order valence-corrected chi connectivity index (χ2v) is 6.19. The summed E-state index contributed by atoms with van der Waals surface area (Å²) < 4.78 is 0. The van der Waals surface area contributed by atoms with Crippen molar-refractivity contribution in [1.29, 1.82) is 0 Å². The van der Waals surface area contributed by atoms with E-state index in [9.17, 15) is 19.5 Å². The third-order valence-corrected chi connectivity index (χ3v) is 4.08. The van der Waals surface area contributed by atoms with E-state index in [1.165, 1.54) is 24.3 Å². The maximum absolute atomic E-state index is 12.6. The summed E-state index contributed by atoms with van der Waals surface area (Å²) >= 11 is 0. The molecule has 3 aromatic carbocycles. The average Bonchev–Trinajstić information content (AvgIpc) is 2.68. The summed E-state index contributed by atoms with van der Waals surface area (Å²) in [6, 6.07) is 19.4. The standard InChI is InChI=1S/C22H18N2O4/c1-14-5-4-6-16(13-14)20(25)24-19-8-3-2-7-18(19)21(26)23-17-11-9-15(10-12-17)22(27)28/h2-13H,1H3,(H,23,26)(H,24,25)(H,27,28)/p-1. The molecule has 3 rings (SSSR count). The Kier molecular flexibility index (Phi) is 5.50. The monoisotopic (exact) mass is 373 g/mol. The molecule has 0 radical (unpaired) electrons. The van der Waals surface area contributed by atoms with Crippen molar-refractivity contribution in [2.24, 2.45) is 0 Å². The summed E-state index contributed by atoms with van der Waals surface area (Å²) in [6.07, 6.45) is 0. The van der Waals surface area contributed by atoms with Crippen molar-refractivity contribution in [3.05, 3.63) is 95.1 Å². The molecule has 2 amide bonds. The number of carbonyl (C=O) groups is 3. The van der Waals surface area contributed by atoms with Crippen LogP contribution in [0, 0.1) is 6.92 Å². The van der Waals surface area contributed by atoms with E-state index in [0.29, 0.717) is 16.9 Å². The first-order chi connectivity index (χ1) is 13.4. The number of carboxylic acid groups (broad SMARTS) is 1. The molecule has 6 nitrogen and oxygen atoms in total. The van der Waals surface area contributed by atoms with Gasteiger partial charge < -0.3 is 20.5 Å². The molecule has 28 heavy (non-hydrogen) atoms. The number of benzene rings is 3. The topological polar surface area (TPSA) is 98.3 Å². The minimum Gasteiger partial charge on any atom is -0.545 e. The Morgan fingerprint density at radius 2 is 1.46 bits per heavy atom. The number of aryl methyl sites for hydroxylation is 1. The molecule has 0 saturated heterocycles. The van der Waals surface area contributed by atoms with Gasteiger partial charge in [0.25, 0.3) is 11.8 Å². The first kappa shape index (κ1) is 18.8. The Morgan fingerprint density at radius 1 is 0.750 bits per heavy atom. The highest BCUT2D eigenvalue weighted by molar-refractivity contribution is 6.12. The van der Waals surface area contributed by atoms with Crippen molar-refractivity contribution in [3.8, 4) is 0 Å². The smallest absolute Gasteiger partial charge is 0.257 e. The largest absolute Gasteiger partial charge is 0.545 e. The molecule has 2 N–H and O–H groups in total. The van der Waals surface area contributed by atoms with E-state index in [4.69, 9.17) is 0 Å². The zero-order valence-electron chi connectivity index (χ0n) is 15.1. The number of carboxylic acids is 1. The molecule has 0 aromatic heterocycles. The van der Waals surface area contributed by atoms with Crippen LogP contribution in [0.1, 0.15) is 36.6 Å². The van der Waals surface area contributed by atoms with Crippen LogP contribution in [-0.4, -0.2) is 17.8 Å². The van der Waals surface area contributed by atoms with Crippen LogP contribution in [0.5, 0.6) is 0 Å². The third kappa shape index (κ3) is 4.42. The van der Waals surface area contributed by atoms with Crippen molar-refractivity contribution in [2.75, 3.05) is 10.6 Å². The number of nitrogens with one attached hydrogen (secondary N) is 2. The summed E-state index contributed by atoms with van der Waals surface area (Å²) in [6.45, 7) is 1.89. The Balaban J connectivity index is 1.78. The van der Waals surface area contributed by atoms with E-state index in [2.05, 4.69) is 10.6 Å². The number of para-hydroxylation sites is 1. The molecule has 0 aliphatic heterocycles. The van der Waals surface area contributed by atoms with Crippen LogP contribution in [0.2, 0.25) is 0 Å². The second kappa shape index (κ2) is 8.18. The zero-order chi connectivity index (χ0) is 20.1. The van der Waals surface area contributed by atoms with Crippen molar-refractivity contribution in [2.45, 2.75) is 6.92 Å². The molecule has 140 valence electrons. The average molecular weight is 373 g/mol. The fraction of sp³-hybridized carbons (Fsp3) is 0.0455.